The molecule has 0 aliphatic carbocycles. The minimum absolute atomic E-state index is 0.0649. The first kappa shape index (κ1) is 16.1. The first-order valence-corrected chi connectivity index (χ1v) is 6.22. The summed E-state index contributed by atoms with van der Waals surface area (Å²) in [7, 11) is 1.35. The molecular weight excluding hydrogens is 288 g/mol. The third-order valence-electron chi connectivity index (χ3n) is 2.38. The Balaban J connectivity index is 3.15. The quantitative estimate of drug-likeness (QED) is 0.812. The zero-order valence-corrected chi connectivity index (χ0v) is 12.1. The van der Waals surface area contributed by atoms with Gasteiger partial charge in [-0.2, -0.15) is 0 Å². The maximum absolute atomic E-state index is 11.5. The Morgan fingerprint density at radius 3 is 2.55 bits per heavy atom. The van der Waals surface area contributed by atoms with E-state index in [-0.39, 0.29) is 28.7 Å². The van der Waals surface area contributed by atoms with Crippen molar-refractivity contribution in [3.8, 4) is 11.5 Å². The molecule has 20 heavy (non-hydrogen) atoms. The van der Waals surface area contributed by atoms with Crippen molar-refractivity contribution in [2.45, 2.75) is 20.0 Å². The van der Waals surface area contributed by atoms with Crippen LogP contribution in [-0.2, 0) is 9.53 Å². The van der Waals surface area contributed by atoms with Gasteiger partial charge in [-0.15, -0.1) is 0 Å². The second-order valence-electron chi connectivity index (χ2n) is 3.80. The van der Waals surface area contributed by atoms with Gasteiger partial charge in [0.15, 0.2) is 17.6 Å². The number of carboxylic acid groups (broad SMARTS) is 1. The van der Waals surface area contributed by atoms with Gasteiger partial charge in [0, 0.05) is 11.1 Å². The molecule has 0 aliphatic rings. The molecule has 0 aromatic heterocycles. The van der Waals surface area contributed by atoms with E-state index in [0.29, 0.717) is 0 Å². The van der Waals surface area contributed by atoms with Gasteiger partial charge >= 0.3 is 11.9 Å². The Kier molecular flexibility index (Phi) is 5.64. The molecule has 0 radical (unpaired) electrons. The summed E-state index contributed by atoms with van der Waals surface area (Å²) in [6.07, 6.45) is -0.969. The van der Waals surface area contributed by atoms with Gasteiger partial charge in [-0.05, 0) is 19.9 Å². The van der Waals surface area contributed by atoms with Crippen LogP contribution in [0.3, 0.4) is 0 Å². The van der Waals surface area contributed by atoms with E-state index in [2.05, 4.69) is 0 Å². The van der Waals surface area contributed by atoms with E-state index in [9.17, 15) is 9.59 Å². The minimum Gasteiger partial charge on any atom is -0.493 e. The van der Waals surface area contributed by atoms with E-state index < -0.39 is 18.0 Å². The summed E-state index contributed by atoms with van der Waals surface area (Å²) in [5.74, 6) is -1.77. The predicted molar refractivity (Wildman–Crippen MR) is 71.7 cm³/mol. The molecule has 0 bridgehead atoms. The number of rotatable bonds is 6. The number of carboxylic acids is 1. The van der Waals surface area contributed by atoms with Crippen molar-refractivity contribution in [1.29, 1.82) is 0 Å². The van der Waals surface area contributed by atoms with Crippen LogP contribution in [0.1, 0.15) is 24.2 Å². The number of methoxy groups -OCH3 is 1. The number of hydrogen-bond acceptors (Lipinski definition) is 5. The number of esters is 1. The normalized spacial score (nSPS) is 11.6. The largest absolute Gasteiger partial charge is 0.493 e. The molecule has 1 aromatic rings. The molecule has 1 rings (SSSR count). The molecule has 7 heteroatoms. The van der Waals surface area contributed by atoms with Crippen LogP contribution in [-0.4, -0.2) is 36.9 Å². The fourth-order valence-electron chi connectivity index (χ4n) is 1.49. The molecule has 1 N–H and O–H groups in total. The average Bonchev–Trinajstić information content (AvgIpc) is 2.39. The number of benzene rings is 1. The van der Waals surface area contributed by atoms with Crippen molar-refractivity contribution in [2.24, 2.45) is 0 Å². The number of ether oxygens (including phenoxy) is 3. The summed E-state index contributed by atoms with van der Waals surface area (Å²) in [4.78, 5) is 22.7. The molecule has 0 spiro atoms. The third-order valence-corrected chi connectivity index (χ3v) is 2.60. The van der Waals surface area contributed by atoms with Gasteiger partial charge in [0.1, 0.15) is 5.56 Å². The molecule has 0 heterocycles. The highest BCUT2D eigenvalue weighted by Gasteiger charge is 2.23. The van der Waals surface area contributed by atoms with Crippen molar-refractivity contribution in [1.82, 2.24) is 0 Å². The molecule has 0 fully saturated rings. The predicted octanol–water partition coefficient (Wildman–Crippen LogP) is 2.38. The van der Waals surface area contributed by atoms with Gasteiger partial charge < -0.3 is 19.3 Å². The number of aromatic carboxylic acids is 1. The molecule has 1 atom stereocenters. The molecule has 110 valence electrons. The molecular formula is C13H15ClO6. The van der Waals surface area contributed by atoms with Crippen LogP contribution in [0.5, 0.6) is 11.5 Å². The Morgan fingerprint density at radius 2 is 2.05 bits per heavy atom. The fraction of sp³-hybridized carbons (Fsp3) is 0.385. The van der Waals surface area contributed by atoms with Crippen LogP contribution in [0.4, 0.5) is 0 Å². The van der Waals surface area contributed by atoms with Crippen LogP contribution in [0, 0.1) is 0 Å². The lowest BCUT2D eigenvalue weighted by molar-refractivity contribution is -0.150. The Hall–Kier alpha value is -1.95. The monoisotopic (exact) mass is 302 g/mol. The Morgan fingerprint density at radius 1 is 1.40 bits per heavy atom. The van der Waals surface area contributed by atoms with E-state index in [1.165, 1.54) is 26.2 Å². The Bertz CT molecular complexity index is 514. The average molecular weight is 303 g/mol. The van der Waals surface area contributed by atoms with Crippen LogP contribution < -0.4 is 9.47 Å². The van der Waals surface area contributed by atoms with E-state index in [1.54, 1.807) is 6.92 Å². The molecule has 0 aliphatic heterocycles. The number of carbonyl (C=O) groups excluding carboxylic acids is 1. The molecule has 1 unspecified atom stereocenters. The zero-order valence-electron chi connectivity index (χ0n) is 11.3. The lowest BCUT2D eigenvalue weighted by Crippen LogP contribution is -2.27. The smallest absolute Gasteiger partial charge is 0.347 e. The Labute approximate surface area is 121 Å². The molecule has 6 nitrogen and oxygen atoms in total. The highest BCUT2D eigenvalue weighted by atomic mass is 35.5. The van der Waals surface area contributed by atoms with E-state index in [0.717, 1.165) is 0 Å². The highest BCUT2D eigenvalue weighted by molar-refractivity contribution is 6.31. The summed E-state index contributed by atoms with van der Waals surface area (Å²) in [6.45, 7) is 3.32. The summed E-state index contributed by atoms with van der Waals surface area (Å²) >= 11 is 5.80. The van der Waals surface area contributed by atoms with Crippen molar-refractivity contribution in [3.05, 3.63) is 22.7 Å². The number of halogens is 1. The molecule has 1 aromatic carbocycles. The van der Waals surface area contributed by atoms with Crippen LogP contribution in [0.25, 0.3) is 0 Å². The van der Waals surface area contributed by atoms with Crippen LogP contribution >= 0.6 is 11.6 Å². The van der Waals surface area contributed by atoms with Crippen molar-refractivity contribution in [3.63, 3.8) is 0 Å². The third kappa shape index (κ3) is 3.77. The summed E-state index contributed by atoms with van der Waals surface area (Å²) in [5.41, 5.74) is -0.189. The summed E-state index contributed by atoms with van der Waals surface area (Å²) in [6, 6.07) is 2.63. The SMILES string of the molecule is CCOC(=O)C(C)Oc1c(OC)cc(Cl)cc1C(=O)O. The van der Waals surface area contributed by atoms with Gasteiger partial charge in [0.05, 0.1) is 13.7 Å². The standard InChI is InChI=1S/C13H15ClO6/c1-4-19-13(17)7(2)20-11-9(12(15)16)5-8(14)6-10(11)18-3/h5-7H,4H2,1-3H3,(H,15,16). The van der Waals surface area contributed by atoms with Gasteiger partial charge in [-0.25, -0.2) is 9.59 Å². The highest BCUT2D eigenvalue weighted by Crippen LogP contribution is 2.35. The molecule has 0 saturated carbocycles. The lowest BCUT2D eigenvalue weighted by atomic mass is 10.2. The topological polar surface area (TPSA) is 82.1 Å². The van der Waals surface area contributed by atoms with E-state index in [1.807, 2.05) is 0 Å². The van der Waals surface area contributed by atoms with Gasteiger partial charge in [0.25, 0.3) is 0 Å². The zero-order chi connectivity index (χ0) is 15.3. The second kappa shape index (κ2) is 7.00. The summed E-state index contributed by atoms with van der Waals surface area (Å²) in [5, 5.41) is 9.34. The summed E-state index contributed by atoms with van der Waals surface area (Å²) < 4.78 is 15.2. The minimum atomic E-state index is -1.24. The van der Waals surface area contributed by atoms with Crippen LogP contribution in [0.2, 0.25) is 5.02 Å². The first-order chi connectivity index (χ1) is 9.40. The second-order valence-corrected chi connectivity index (χ2v) is 4.24. The lowest BCUT2D eigenvalue weighted by Gasteiger charge is -2.17. The van der Waals surface area contributed by atoms with Gasteiger partial charge in [-0.1, -0.05) is 11.6 Å². The van der Waals surface area contributed by atoms with E-state index >= 15 is 0 Å². The van der Waals surface area contributed by atoms with Crippen molar-refractivity contribution in [2.75, 3.05) is 13.7 Å². The van der Waals surface area contributed by atoms with Gasteiger partial charge in [0.2, 0.25) is 0 Å². The number of carbonyl (C=O) groups is 2. The number of hydrogen-bond donors (Lipinski definition) is 1. The maximum atomic E-state index is 11.5. The van der Waals surface area contributed by atoms with Crippen molar-refractivity contribution >= 4 is 23.5 Å². The van der Waals surface area contributed by atoms with Crippen LogP contribution in [0.15, 0.2) is 12.1 Å². The fourth-order valence-corrected chi connectivity index (χ4v) is 1.69. The first-order valence-electron chi connectivity index (χ1n) is 5.84. The van der Waals surface area contributed by atoms with E-state index in [4.69, 9.17) is 30.9 Å². The van der Waals surface area contributed by atoms with Crippen molar-refractivity contribution < 1.29 is 28.9 Å². The maximum Gasteiger partial charge on any atom is 0.347 e. The molecule has 0 amide bonds. The van der Waals surface area contributed by atoms with Gasteiger partial charge in [-0.3, -0.25) is 0 Å². The molecule has 0 saturated heterocycles.